The van der Waals surface area contributed by atoms with E-state index in [1.165, 1.54) is 0 Å². The van der Waals surface area contributed by atoms with Crippen molar-refractivity contribution < 1.29 is 5.73 Å². The van der Waals surface area contributed by atoms with Crippen molar-refractivity contribution in [2.45, 2.75) is 20.4 Å². The summed E-state index contributed by atoms with van der Waals surface area (Å²) in [5, 5.41) is 0. The lowest BCUT2D eigenvalue weighted by atomic mass is 10.3. The molecule has 1 aromatic rings. The fourth-order valence-corrected chi connectivity index (χ4v) is 1.20. The number of hydrogen-bond acceptors (Lipinski definition) is 2. The van der Waals surface area contributed by atoms with Gasteiger partial charge in [0.25, 0.3) is 0 Å². The van der Waals surface area contributed by atoms with Crippen molar-refractivity contribution in [2.75, 3.05) is 6.54 Å². The summed E-state index contributed by atoms with van der Waals surface area (Å²) in [4.78, 5) is 15.1. The van der Waals surface area contributed by atoms with Crippen molar-refractivity contribution in [1.29, 1.82) is 0 Å². The first-order valence-corrected chi connectivity index (χ1v) is 3.99. The predicted octanol–water partition coefficient (Wildman–Crippen LogP) is -0.898. The summed E-state index contributed by atoms with van der Waals surface area (Å²) in [5.74, 6) is 0. The van der Waals surface area contributed by atoms with Gasteiger partial charge in [0.15, 0.2) is 0 Å². The molecule has 0 aliphatic heterocycles. The van der Waals surface area contributed by atoms with E-state index >= 15 is 0 Å². The minimum Gasteiger partial charge on any atom is -0.356 e. The maximum atomic E-state index is 11.3. The van der Waals surface area contributed by atoms with Crippen LogP contribution in [0.2, 0.25) is 0 Å². The van der Waals surface area contributed by atoms with Crippen LogP contribution in [0.25, 0.3) is 0 Å². The Balaban J connectivity index is 3.19. The number of rotatable bonds is 2. The number of aromatic nitrogens is 2. The molecule has 0 aromatic carbocycles. The van der Waals surface area contributed by atoms with E-state index in [1.807, 2.05) is 19.9 Å². The molecule has 1 heterocycles. The zero-order chi connectivity index (χ0) is 9.14. The van der Waals surface area contributed by atoms with E-state index in [9.17, 15) is 4.79 Å². The van der Waals surface area contributed by atoms with Crippen LogP contribution in [0, 0.1) is 13.8 Å². The molecule has 4 heteroatoms. The fourth-order valence-electron chi connectivity index (χ4n) is 1.20. The Morgan fingerprint density at radius 1 is 1.58 bits per heavy atom. The Bertz CT molecular complexity index is 330. The Morgan fingerprint density at radius 2 is 2.25 bits per heavy atom. The third-order valence-corrected chi connectivity index (χ3v) is 1.73. The molecular weight excluding hydrogens is 154 g/mol. The first kappa shape index (κ1) is 8.93. The Kier molecular flexibility index (Phi) is 2.60. The number of nitrogens with zero attached hydrogens (tertiary/aromatic N) is 2. The second-order valence-corrected chi connectivity index (χ2v) is 2.83. The number of hydrogen-bond donors (Lipinski definition) is 1. The summed E-state index contributed by atoms with van der Waals surface area (Å²) in [7, 11) is 0. The Hall–Kier alpha value is -1.16. The van der Waals surface area contributed by atoms with Crippen molar-refractivity contribution in [2.24, 2.45) is 0 Å². The SMILES string of the molecule is Cc1cc(C)n(CC[NH3+])c(=O)n1. The van der Waals surface area contributed by atoms with Gasteiger partial charge in [-0.25, -0.2) is 4.79 Å². The molecule has 0 radical (unpaired) electrons. The van der Waals surface area contributed by atoms with Gasteiger partial charge in [-0.1, -0.05) is 0 Å². The second kappa shape index (κ2) is 3.49. The third-order valence-electron chi connectivity index (χ3n) is 1.73. The molecule has 0 saturated carbocycles. The number of aryl methyl sites for hydroxylation is 2. The summed E-state index contributed by atoms with van der Waals surface area (Å²) in [6, 6.07) is 1.90. The molecule has 0 fully saturated rings. The van der Waals surface area contributed by atoms with Crippen LogP contribution in [0.1, 0.15) is 11.4 Å². The van der Waals surface area contributed by atoms with Gasteiger partial charge >= 0.3 is 5.69 Å². The van der Waals surface area contributed by atoms with Crippen molar-refractivity contribution in [3.63, 3.8) is 0 Å². The largest absolute Gasteiger partial charge is 0.356 e. The van der Waals surface area contributed by atoms with Gasteiger partial charge in [-0.15, -0.1) is 0 Å². The summed E-state index contributed by atoms with van der Waals surface area (Å²) >= 11 is 0. The fraction of sp³-hybridized carbons (Fsp3) is 0.500. The molecule has 0 unspecified atom stereocenters. The van der Waals surface area contributed by atoms with Gasteiger partial charge in [0, 0.05) is 11.4 Å². The van der Waals surface area contributed by atoms with Crippen LogP contribution in [0.5, 0.6) is 0 Å². The van der Waals surface area contributed by atoms with Crippen LogP contribution >= 0.6 is 0 Å². The molecule has 4 nitrogen and oxygen atoms in total. The van der Waals surface area contributed by atoms with Crippen LogP contribution < -0.4 is 11.4 Å². The van der Waals surface area contributed by atoms with Gasteiger partial charge in [0.05, 0.1) is 13.1 Å². The van der Waals surface area contributed by atoms with Crippen LogP contribution in [0.4, 0.5) is 0 Å². The van der Waals surface area contributed by atoms with Crippen LogP contribution in [-0.2, 0) is 6.54 Å². The lowest BCUT2D eigenvalue weighted by Gasteiger charge is -2.05. The topological polar surface area (TPSA) is 62.5 Å². The van der Waals surface area contributed by atoms with Gasteiger partial charge < -0.3 is 5.73 Å². The van der Waals surface area contributed by atoms with E-state index in [1.54, 1.807) is 4.57 Å². The molecule has 0 aliphatic rings. The summed E-state index contributed by atoms with van der Waals surface area (Å²) in [6.07, 6.45) is 0. The van der Waals surface area contributed by atoms with Gasteiger partial charge in [-0.2, -0.15) is 4.98 Å². The van der Waals surface area contributed by atoms with E-state index in [-0.39, 0.29) is 5.69 Å². The highest BCUT2D eigenvalue weighted by Crippen LogP contribution is 1.94. The van der Waals surface area contributed by atoms with Gasteiger partial charge in [0.2, 0.25) is 0 Å². The van der Waals surface area contributed by atoms with Gasteiger partial charge in [-0.05, 0) is 19.9 Å². The molecular formula is C8H14N3O+. The predicted molar refractivity (Wildman–Crippen MR) is 45.7 cm³/mol. The van der Waals surface area contributed by atoms with Crippen LogP contribution in [-0.4, -0.2) is 16.1 Å². The van der Waals surface area contributed by atoms with Crippen LogP contribution in [0.3, 0.4) is 0 Å². The highest BCUT2D eigenvalue weighted by Gasteiger charge is 2.01. The molecule has 0 spiro atoms. The van der Waals surface area contributed by atoms with Gasteiger partial charge in [-0.3, -0.25) is 4.57 Å². The molecule has 66 valence electrons. The molecule has 0 saturated heterocycles. The average molecular weight is 168 g/mol. The first-order valence-electron chi connectivity index (χ1n) is 3.99. The summed E-state index contributed by atoms with van der Waals surface area (Å²) in [6.45, 7) is 5.10. The quantitative estimate of drug-likeness (QED) is 0.622. The first-order chi connectivity index (χ1) is 5.65. The Labute approximate surface area is 71.0 Å². The molecule has 3 N–H and O–H groups in total. The van der Waals surface area contributed by atoms with E-state index in [4.69, 9.17) is 0 Å². The monoisotopic (exact) mass is 168 g/mol. The average Bonchev–Trinajstić information content (AvgIpc) is 1.96. The maximum absolute atomic E-state index is 11.3. The molecule has 0 amide bonds. The summed E-state index contributed by atoms with van der Waals surface area (Å²) < 4.78 is 1.64. The normalized spacial score (nSPS) is 10.2. The Morgan fingerprint density at radius 3 is 2.75 bits per heavy atom. The molecule has 1 aromatic heterocycles. The molecule has 1 rings (SSSR count). The minimum atomic E-state index is -0.170. The smallest absolute Gasteiger partial charge is 0.348 e. The van der Waals surface area contributed by atoms with Crippen molar-refractivity contribution >= 4 is 0 Å². The molecule has 0 bridgehead atoms. The standard InChI is InChI=1S/C8H13N3O/c1-6-5-7(2)11(4-3-9)8(12)10-6/h5H,3-4,9H2,1-2H3/p+1. The van der Waals surface area contributed by atoms with E-state index in [0.717, 1.165) is 11.4 Å². The summed E-state index contributed by atoms with van der Waals surface area (Å²) in [5.41, 5.74) is 5.26. The van der Waals surface area contributed by atoms with E-state index in [0.29, 0.717) is 13.1 Å². The second-order valence-electron chi connectivity index (χ2n) is 2.83. The number of quaternary nitrogens is 1. The lowest BCUT2D eigenvalue weighted by Crippen LogP contribution is -2.53. The van der Waals surface area contributed by atoms with E-state index in [2.05, 4.69) is 10.7 Å². The van der Waals surface area contributed by atoms with Crippen molar-refractivity contribution in [3.8, 4) is 0 Å². The van der Waals surface area contributed by atoms with E-state index < -0.39 is 0 Å². The third kappa shape index (κ3) is 1.71. The lowest BCUT2D eigenvalue weighted by molar-refractivity contribution is -0.369. The zero-order valence-electron chi connectivity index (χ0n) is 7.50. The van der Waals surface area contributed by atoms with Crippen molar-refractivity contribution in [3.05, 3.63) is 27.9 Å². The highest BCUT2D eigenvalue weighted by molar-refractivity contribution is 5.06. The molecule has 0 aliphatic carbocycles. The zero-order valence-corrected chi connectivity index (χ0v) is 7.50. The molecule has 0 atom stereocenters. The van der Waals surface area contributed by atoms with Crippen molar-refractivity contribution in [1.82, 2.24) is 9.55 Å². The maximum Gasteiger partial charge on any atom is 0.348 e. The molecule has 12 heavy (non-hydrogen) atoms. The van der Waals surface area contributed by atoms with Gasteiger partial charge in [0.1, 0.15) is 0 Å². The highest BCUT2D eigenvalue weighted by atomic mass is 16.1. The minimum absolute atomic E-state index is 0.170. The van der Waals surface area contributed by atoms with Crippen LogP contribution in [0.15, 0.2) is 10.9 Å².